The van der Waals surface area contributed by atoms with Crippen LogP contribution in [-0.4, -0.2) is 25.0 Å². The minimum atomic E-state index is -0.625. The van der Waals surface area contributed by atoms with E-state index in [0.717, 1.165) is 0 Å². The van der Waals surface area contributed by atoms with E-state index in [1.54, 1.807) is 12.1 Å². The van der Waals surface area contributed by atoms with Gasteiger partial charge >= 0.3 is 0 Å². The smallest absolute Gasteiger partial charge is 0.271 e. The van der Waals surface area contributed by atoms with Crippen LogP contribution in [0.3, 0.4) is 0 Å². The van der Waals surface area contributed by atoms with Crippen molar-refractivity contribution in [1.82, 2.24) is 19.7 Å². The Hall–Kier alpha value is -1.72. The van der Waals surface area contributed by atoms with Gasteiger partial charge < -0.3 is 0 Å². The van der Waals surface area contributed by atoms with Crippen molar-refractivity contribution in [1.29, 1.82) is 0 Å². The molecule has 0 amide bonds. The number of nitrogens with zero attached hydrogens (tertiary/aromatic N) is 4. The molecule has 0 aliphatic rings. The van der Waals surface area contributed by atoms with E-state index < -0.39 is 5.24 Å². The normalized spacial score (nSPS) is 10.3. The van der Waals surface area contributed by atoms with Crippen LogP contribution in [0, 0.1) is 0 Å². The summed E-state index contributed by atoms with van der Waals surface area (Å²) >= 11 is 11.3. The van der Waals surface area contributed by atoms with Crippen molar-refractivity contribution in [2.75, 3.05) is 0 Å². The SMILES string of the molecule is C=CCc1cc(C(=O)Cl)n(-c2cncc(Cl)n2)n1. The summed E-state index contributed by atoms with van der Waals surface area (Å²) in [6.45, 7) is 3.61. The monoisotopic (exact) mass is 282 g/mol. The van der Waals surface area contributed by atoms with Gasteiger partial charge in [-0.25, -0.2) is 9.67 Å². The lowest BCUT2D eigenvalue weighted by Crippen LogP contribution is -2.07. The molecule has 0 atom stereocenters. The zero-order chi connectivity index (χ0) is 13.1. The molecular weight excluding hydrogens is 275 g/mol. The highest BCUT2D eigenvalue weighted by atomic mass is 35.5. The number of aromatic nitrogens is 4. The molecule has 2 rings (SSSR count). The van der Waals surface area contributed by atoms with Gasteiger partial charge in [0, 0.05) is 6.42 Å². The molecule has 0 saturated heterocycles. The van der Waals surface area contributed by atoms with Crippen molar-refractivity contribution in [2.24, 2.45) is 0 Å². The third kappa shape index (κ3) is 2.57. The van der Waals surface area contributed by atoms with E-state index in [1.165, 1.54) is 17.1 Å². The van der Waals surface area contributed by atoms with Gasteiger partial charge in [-0.05, 0) is 17.7 Å². The number of allylic oxidation sites excluding steroid dienone is 1. The average molecular weight is 283 g/mol. The molecule has 0 unspecified atom stereocenters. The Morgan fingerprint density at radius 3 is 2.89 bits per heavy atom. The highest BCUT2D eigenvalue weighted by Crippen LogP contribution is 2.14. The summed E-state index contributed by atoms with van der Waals surface area (Å²) < 4.78 is 1.31. The quantitative estimate of drug-likeness (QED) is 0.638. The van der Waals surface area contributed by atoms with Gasteiger partial charge in [-0.15, -0.1) is 6.58 Å². The van der Waals surface area contributed by atoms with Crippen LogP contribution in [0.5, 0.6) is 0 Å². The third-order valence-corrected chi connectivity index (χ3v) is 2.50. The standard InChI is InChI=1S/C11H8Cl2N4O/c1-2-3-7-4-8(11(13)18)17(16-7)10-6-14-5-9(12)15-10/h2,4-6H,1,3H2. The fourth-order valence-electron chi connectivity index (χ4n) is 1.43. The third-order valence-electron chi connectivity index (χ3n) is 2.12. The van der Waals surface area contributed by atoms with Crippen LogP contribution in [-0.2, 0) is 6.42 Å². The highest BCUT2D eigenvalue weighted by molar-refractivity contribution is 6.67. The number of hydrogen-bond acceptors (Lipinski definition) is 4. The van der Waals surface area contributed by atoms with E-state index in [-0.39, 0.29) is 10.8 Å². The Bertz CT molecular complexity index is 609. The first-order valence-corrected chi connectivity index (χ1v) is 5.75. The predicted molar refractivity (Wildman–Crippen MR) is 68.2 cm³/mol. The molecule has 92 valence electrons. The highest BCUT2D eigenvalue weighted by Gasteiger charge is 2.15. The minimum absolute atomic E-state index is 0.209. The van der Waals surface area contributed by atoms with Crippen LogP contribution in [0.1, 0.15) is 16.2 Å². The molecule has 2 aromatic rings. The summed E-state index contributed by atoms with van der Waals surface area (Å²) in [6.07, 6.45) is 5.04. The van der Waals surface area contributed by atoms with Gasteiger partial charge in [0.2, 0.25) is 0 Å². The maximum Gasteiger partial charge on any atom is 0.271 e. The molecule has 0 aliphatic heterocycles. The van der Waals surface area contributed by atoms with Gasteiger partial charge in [0.1, 0.15) is 10.8 Å². The number of hydrogen-bond donors (Lipinski definition) is 0. The number of carbonyl (C=O) groups excluding carboxylic acids is 1. The largest absolute Gasteiger partial charge is 0.274 e. The molecular formula is C11H8Cl2N4O. The Balaban J connectivity index is 2.54. The minimum Gasteiger partial charge on any atom is -0.274 e. The topological polar surface area (TPSA) is 60.7 Å². The summed E-state index contributed by atoms with van der Waals surface area (Å²) in [5.74, 6) is 0.335. The summed E-state index contributed by atoms with van der Waals surface area (Å²) in [6, 6.07) is 1.58. The lowest BCUT2D eigenvalue weighted by atomic mass is 10.3. The maximum absolute atomic E-state index is 11.3. The zero-order valence-electron chi connectivity index (χ0n) is 9.18. The molecule has 0 aromatic carbocycles. The van der Waals surface area contributed by atoms with Gasteiger partial charge in [0.25, 0.3) is 5.24 Å². The first kappa shape index (κ1) is 12.7. The molecule has 7 heteroatoms. The summed E-state index contributed by atoms with van der Waals surface area (Å²) in [7, 11) is 0. The average Bonchev–Trinajstić information content (AvgIpc) is 2.74. The molecule has 0 radical (unpaired) electrons. The van der Waals surface area contributed by atoms with Crippen molar-refractivity contribution in [3.63, 3.8) is 0 Å². The van der Waals surface area contributed by atoms with Crippen LogP contribution in [0.2, 0.25) is 5.15 Å². The molecule has 0 spiro atoms. The van der Waals surface area contributed by atoms with E-state index >= 15 is 0 Å². The molecule has 0 bridgehead atoms. The van der Waals surface area contributed by atoms with Crippen LogP contribution >= 0.6 is 23.2 Å². The lowest BCUT2D eigenvalue weighted by Gasteiger charge is -2.02. The van der Waals surface area contributed by atoms with E-state index in [9.17, 15) is 4.79 Å². The molecule has 0 aliphatic carbocycles. The molecule has 0 fully saturated rings. The second-order valence-electron chi connectivity index (χ2n) is 3.40. The lowest BCUT2D eigenvalue weighted by molar-refractivity contribution is 0.107. The van der Waals surface area contributed by atoms with Crippen LogP contribution in [0.4, 0.5) is 0 Å². The van der Waals surface area contributed by atoms with Gasteiger partial charge in [0.05, 0.1) is 18.1 Å². The number of rotatable bonds is 4. The van der Waals surface area contributed by atoms with Gasteiger partial charge in [-0.1, -0.05) is 17.7 Å². The van der Waals surface area contributed by atoms with Crippen molar-refractivity contribution in [2.45, 2.75) is 6.42 Å². The van der Waals surface area contributed by atoms with Crippen molar-refractivity contribution >= 4 is 28.4 Å². The zero-order valence-corrected chi connectivity index (χ0v) is 10.7. The predicted octanol–water partition coefficient (Wildman–Crippen LogP) is 2.42. The van der Waals surface area contributed by atoms with E-state index in [1.807, 2.05) is 0 Å². The maximum atomic E-state index is 11.3. The van der Waals surface area contributed by atoms with Crippen molar-refractivity contribution in [3.05, 3.63) is 47.7 Å². The molecule has 0 N–H and O–H groups in total. The summed E-state index contributed by atoms with van der Waals surface area (Å²) in [4.78, 5) is 19.3. The molecule has 2 aromatic heterocycles. The molecule has 18 heavy (non-hydrogen) atoms. The first-order valence-electron chi connectivity index (χ1n) is 4.99. The Labute approximate surface area is 113 Å². The molecule has 0 saturated carbocycles. The van der Waals surface area contributed by atoms with Crippen LogP contribution in [0.15, 0.2) is 31.1 Å². The van der Waals surface area contributed by atoms with Gasteiger partial charge in [-0.3, -0.25) is 9.78 Å². The van der Waals surface area contributed by atoms with E-state index in [0.29, 0.717) is 17.9 Å². The van der Waals surface area contributed by atoms with Crippen molar-refractivity contribution in [3.8, 4) is 5.82 Å². The molecule has 5 nitrogen and oxygen atoms in total. The van der Waals surface area contributed by atoms with Crippen LogP contribution < -0.4 is 0 Å². The van der Waals surface area contributed by atoms with E-state index in [4.69, 9.17) is 23.2 Å². The second-order valence-corrected chi connectivity index (χ2v) is 4.13. The first-order chi connectivity index (χ1) is 8.61. The summed E-state index contributed by atoms with van der Waals surface area (Å²) in [5.41, 5.74) is 0.876. The van der Waals surface area contributed by atoms with Crippen LogP contribution in [0.25, 0.3) is 5.82 Å². The van der Waals surface area contributed by atoms with Crippen molar-refractivity contribution < 1.29 is 4.79 Å². The second kappa shape index (κ2) is 5.29. The fourth-order valence-corrected chi connectivity index (χ4v) is 1.70. The fraction of sp³-hybridized carbons (Fsp3) is 0.0909. The Morgan fingerprint density at radius 1 is 1.50 bits per heavy atom. The van der Waals surface area contributed by atoms with Gasteiger partial charge in [-0.2, -0.15) is 5.10 Å². The van der Waals surface area contributed by atoms with Gasteiger partial charge in [0.15, 0.2) is 5.82 Å². The molecule has 2 heterocycles. The Morgan fingerprint density at radius 2 is 2.28 bits per heavy atom. The Kier molecular flexibility index (Phi) is 3.74. The number of carbonyl (C=O) groups is 1. The van der Waals surface area contributed by atoms with E-state index in [2.05, 4.69) is 21.6 Å². The number of halogens is 2. The summed E-state index contributed by atoms with van der Waals surface area (Å²) in [5, 5.41) is 3.80.